The average molecular weight is 375 g/mol. The summed E-state index contributed by atoms with van der Waals surface area (Å²) in [6.07, 6.45) is 3.83. The average Bonchev–Trinajstić information content (AvgIpc) is 2.72. The number of aliphatic imine (C=N–C) groups is 1. The van der Waals surface area contributed by atoms with Gasteiger partial charge >= 0.3 is 5.97 Å². The Morgan fingerprint density at radius 1 is 1.26 bits per heavy atom. The van der Waals surface area contributed by atoms with E-state index in [-0.39, 0.29) is 11.9 Å². The number of carbonyl (C=O) groups excluding carboxylic acids is 1. The Bertz CT molecular complexity index is 583. The third-order valence-electron chi connectivity index (χ3n) is 5.02. The lowest BCUT2D eigenvalue weighted by Gasteiger charge is -2.33. The van der Waals surface area contributed by atoms with E-state index < -0.39 is 0 Å². The Hall–Kier alpha value is -2.24. The summed E-state index contributed by atoms with van der Waals surface area (Å²) in [7, 11) is 3.60. The fourth-order valence-corrected chi connectivity index (χ4v) is 3.38. The van der Waals surface area contributed by atoms with Crippen molar-refractivity contribution in [2.45, 2.75) is 32.6 Å². The molecule has 0 saturated carbocycles. The maximum Gasteiger partial charge on any atom is 0.308 e. The summed E-state index contributed by atoms with van der Waals surface area (Å²) in [5.41, 5.74) is 1.25. The number of nitrogens with zero attached hydrogens (tertiary/aromatic N) is 3. The van der Waals surface area contributed by atoms with Crippen molar-refractivity contribution in [1.29, 1.82) is 0 Å². The van der Waals surface area contributed by atoms with Crippen molar-refractivity contribution in [2.75, 3.05) is 51.8 Å². The van der Waals surface area contributed by atoms with Gasteiger partial charge in [-0.15, -0.1) is 0 Å². The Morgan fingerprint density at radius 3 is 2.59 bits per heavy atom. The number of likely N-dealkylation sites (tertiary alicyclic amines) is 1. The summed E-state index contributed by atoms with van der Waals surface area (Å²) in [4.78, 5) is 21.0. The van der Waals surface area contributed by atoms with Gasteiger partial charge in [0.05, 0.1) is 13.0 Å². The first kappa shape index (κ1) is 21.1. The third kappa shape index (κ3) is 6.77. The highest BCUT2D eigenvalue weighted by Crippen LogP contribution is 2.18. The van der Waals surface area contributed by atoms with E-state index in [1.807, 2.05) is 6.07 Å². The van der Waals surface area contributed by atoms with Crippen LogP contribution in [0.3, 0.4) is 0 Å². The second-order valence-electron chi connectivity index (χ2n) is 6.98. The molecule has 1 saturated heterocycles. The maximum atomic E-state index is 11.7. The van der Waals surface area contributed by atoms with Crippen LogP contribution in [-0.4, -0.2) is 63.7 Å². The van der Waals surface area contributed by atoms with Crippen molar-refractivity contribution >= 4 is 17.6 Å². The molecule has 1 aromatic rings. The van der Waals surface area contributed by atoms with Crippen molar-refractivity contribution in [3.63, 3.8) is 0 Å². The lowest BCUT2D eigenvalue weighted by Crippen LogP contribution is -2.46. The van der Waals surface area contributed by atoms with Crippen LogP contribution >= 0.6 is 0 Å². The molecular weight excluding hydrogens is 340 g/mol. The van der Waals surface area contributed by atoms with Crippen LogP contribution in [0.4, 0.5) is 5.69 Å². The van der Waals surface area contributed by atoms with Gasteiger partial charge in [-0.25, -0.2) is 0 Å². The van der Waals surface area contributed by atoms with E-state index >= 15 is 0 Å². The molecule has 0 radical (unpaired) electrons. The van der Waals surface area contributed by atoms with Gasteiger partial charge in [0.2, 0.25) is 0 Å². The van der Waals surface area contributed by atoms with Gasteiger partial charge in [-0.2, -0.15) is 0 Å². The van der Waals surface area contributed by atoms with Gasteiger partial charge in [-0.3, -0.25) is 9.79 Å². The zero-order valence-corrected chi connectivity index (χ0v) is 17.0. The first-order valence-corrected chi connectivity index (χ1v) is 10.0. The number of carbonyl (C=O) groups is 1. The molecule has 1 N–H and O–H groups in total. The summed E-state index contributed by atoms with van der Waals surface area (Å²) >= 11 is 0. The van der Waals surface area contributed by atoms with E-state index in [0.717, 1.165) is 64.4 Å². The fraction of sp³-hybridized carbons (Fsp3) is 0.619. The monoisotopic (exact) mass is 374 g/mol. The summed E-state index contributed by atoms with van der Waals surface area (Å²) < 4.78 is 4.87. The number of hydrogen-bond donors (Lipinski definition) is 1. The number of nitrogens with one attached hydrogen (secondary N) is 1. The largest absolute Gasteiger partial charge is 0.469 e. The number of guanidine groups is 1. The van der Waals surface area contributed by atoms with Crippen molar-refractivity contribution in [1.82, 2.24) is 10.2 Å². The molecule has 0 spiro atoms. The molecule has 1 aliphatic heterocycles. The predicted octanol–water partition coefficient (Wildman–Crippen LogP) is 2.75. The second-order valence-corrected chi connectivity index (χ2v) is 6.98. The Labute approximate surface area is 163 Å². The molecule has 150 valence electrons. The van der Waals surface area contributed by atoms with Gasteiger partial charge in [0.15, 0.2) is 5.96 Å². The van der Waals surface area contributed by atoms with Crippen LogP contribution in [0.1, 0.15) is 32.6 Å². The van der Waals surface area contributed by atoms with E-state index in [0.29, 0.717) is 0 Å². The molecule has 0 aromatic heterocycles. The molecule has 1 heterocycles. The number of benzene rings is 1. The minimum atomic E-state index is -0.0841. The molecule has 1 aromatic carbocycles. The van der Waals surface area contributed by atoms with Crippen molar-refractivity contribution in [2.24, 2.45) is 10.9 Å². The van der Waals surface area contributed by atoms with Gasteiger partial charge in [-0.05, 0) is 44.7 Å². The highest BCUT2D eigenvalue weighted by atomic mass is 16.5. The minimum absolute atomic E-state index is 0.0302. The van der Waals surface area contributed by atoms with Crippen LogP contribution in [-0.2, 0) is 9.53 Å². The van der Waals surface area contributed by atoms with Gasteiger partial charge in [-0.1, -0.05) is 18.2 Å². The topological polar surface area (TPSA) is 57.2 Å². The zero-order chi connectivity index (χ0) is 19.5. The van der Waals surface area contributed by atoms with Crippen molar-refractivity contribution < 1.29 is 9.53 Å². The molecule has 0 aliphatic carbocycles. The van der Waals surface area contributed by atoms with Crippen LogP contribution in [0.25, 0.3) is 0 Å². The van der Waals surface area contributed by atoms with E-state index in [1.165, 1.54) is 12.8 Å². The smallest absolute Gasteiger partial charge is 0.308 e. The van der Waals surface area contributed by atoms with E-state index in [9.17, 15) is 4.79 Å². The van der Waals surface area contributed by atoms with Crippen LogP contribution in [0, 0.1) is 5.92 Å². The quantitative estimate of drug-likeness (QED) is 0.328. The SMILES string of the molecule is CCNC(=NCCCCN(C)c1ccccc1)N1CCC(C(=O)OC)CC1. The molecule has 0 unspecified atom stereocenters. The summed E-state index contributed by atoms with van der Waals surface area (Å²) in [6, 6.07) is 10.5. The molecule has 2 rings (SSSR count). The molecule has 0 bridgehead atoms. The molecule has 0 atom stereocenters. The molecule has 6 heteroatoms. The number of anilines is 1. The summed E-state index contributed by atoms with van der Waals surface area (Å²) in [5, 5.41) is 3.39. The number of piperidine rings is 1. The maximum absolute atomic E-state index is 11.7. The lowest BCUT2D eigenvalue weighted by atomic mass is 9.97. The molecular formula is C21H34N4O2. The lowest BCUT2D eigenvalue weighted by molar-refractivity contribution is -0.146. The summed E-state index contributed by atoms with van der Waals surface area (Å²) in [5.74, 6) is 0.916. The number of hydrogen-bond acceptors (Lipinski definition) is 4. The Balaban J connectivity index is 1.74. The summed E-state index contributed by atoms with van der Waals surface area (Å²) in [6.45, 7) is 6.49. The number of ether oxygens (including phenoxy) is 1. The van der Waals surface area contributed by atoms with Gasteiger partial charge < -0.3 is 19.9 Å². The van der Waals surface area contributed by atoms with Gasteiger partial charge in [0.1, 0.15) is 0 Å². The molecule has 1 aliphatic rings. The molecule has 1 fully saturated rings. The minimum Gasteiger partial charge on any atom is -0.469 e. The van der Waals surface area contributed by atoms with Crippen molar-refractivity contribution in [3.05, 3.63) is 30.3 Å². The van der Waals surface area contributed by atoms with E-state index in [2.05, 4.69) is 53.4 Å². The number of methoxy groups -OCH3 is 1. The van der Waals surface area contributed by atoms with Gasteiger partial charge in [0, 0.05) is 45.5 Å². The molecule has 0 amide bonds. The molecule has 6 nitrogen and oxygen atoms in total. The van der Waals surface area contributed by atoms with Gasteiger partial charge in [0.25, 0.3) is 0 Å². The Morgan fingerprint density at radius 2 is 1.96 bits per heavy atom. The van der Waals surface area contributed by atoms with E-state index in [1.54, 1.807) is 0 Å². The number of esters is 1. The second kappa shape index (κ2) is 11.5. The molecule has 27 heavy (non-hydrogen) atoms. The van der Waals surface area contributed by atoms with Crippen LogP contribution in [0.2, 0.25) is 0 Å². The van der Waals surface area contributed by atoms with Crippen molar-refractivity contribution in [3.8, 4) is 0 Å². The van der Waals surface area contributed by atoms with Crippen LogP contribution < -0.4 is 10.2 Å². The fourth-order valence-electron chi connectivity index (χ4n) is 3.38. The Kier molecular flexibility index (Phi) is 8.95. The highest BCUT2D eigenvalue weighted by molar-refractivity contribution is 5.80. The normalized spacial score (nSPS) is 15.5. The number of para-hydroxylation sites is 1. The number of rotatable bonds is 8. The zero-order valence-electron chi connectivity index (χ0n) is 17.0. The first-order chi connectivity index (χ1) is 13.2. The number of unbranched alkanes of at least 4 members (excludes halogenated alkanes) is 1. The van der Waals surface area contributed by atoms with E-state index in [4.69, 9.17) is 9.73 Å². The highest BCUT2D eigenvalue weighted by Gasteiger charge is 2.26. The van der Waals surface area contributed by atoms with Crippen LogP contribution in [0.5, 0.6) is 0 Å². The first-order valence-electron chi connectivity index (χ1n) is 10.0. The third-order valence-corrected chi connectivity index (χ3v) is 5.02. The predicted molar refractivity (Wildman–Crippen MR) is 111 cm³/mol. The standard InChI is InChI=1S/C21H34N4O2/c1-4-22-21(25-16-12-18(13-17-25)20(26)27-3)23-14-8-9-15-24(2)19-10-6-5-7-11-19/h5-7,10-11,18H,4,8-9,12-17H2,1-3H3,(H,22,23). The van der Waals surface area contributed by atoms with Crippen LogP contribution in [0.15, 0.2) is 35.3 Å².